The van der Waals surface area contributed by atoms with Crippen molar-refractivity contribution in [1.82, 2.24) is 4.98 Å². The average molecular weight is 323 g/mol. The second kappa shape index (κ2) is 13.8. The molecule has 0 aliphatic rings. The standard InChI is InChI=1S/C8H3N2S.2C2H6.CH3.Y/c9-5-8-10-6-3-1-2-4-7(6)11-8;2*1-2;;/h1,3-4H;2*1-2H3;1H3;/q-1;;;-1;. The number of nitrogens with zero attached hydrogens (tertiary/aromatic N) is 2. The summed E-state index contributed by atoms with van der Waals surface area (Å²) in [6.07, 6.45) is 0. The van der Waals surface area contributed by atoms with Crippen LogP contribution in [0.25, 0.3) is 10.2 Å². The van der Waals surface area contributed by atoms with Gasteiger partial charge in [0.15, 0.2) is 5.01 Å². The van der Waals surface area contributed by atoms with Crippen LogP contribution in [-0.4, -0.2) is 4.98 Å². The Hall–Kier alpha value is -0.296. The number of nitriles is 1. The van der Waals surface area contributed by atoms with Crippen LogP contribution in [0.3, 0.4) is 0 Å². The Morgan fingerprint density at radius 1 is 1.29 bits per heavy atom. The van der Waals surface area contributed by atoms with E-state index in [0.717, 1.165) is 10.2 Å². The van der Waals surface area contributed by atoms with E-state index in [1.165, 1.54) is 11.3 Å². The van der Waals surface area contributed by atoms with Crippen LogP contribution in [0.1, 0.15) is 32.7 Å². The SMILES string of the molecule is CC.CC.N#Cc1nc2cc[c-]cc2s1.[CH3-].[Y]. The summed E-state index contributed by atoms with van der Waals surface area (Å²) in [6, 6.07) is 10.4. The summed E-state index contributed by atoms with van der Waals surface area (Å²) in [7, 11) is 0. The Balaban J connectivity index is -0.000000299. The van der Waals surface area contributed by atoms with Crippen molar-refractivity contribution in [2.45, 2.75) is 27.7 Å². The number of thiazole rings is 1. The predicted molar refractivity (Wildman–Crippen MR) is 72.3 cm³/mol. The minimum absolute atomic E-state index is 0. The molecule has 4 heteroatoms. The number of rotatable bonds is 0. The normalized spacial score (nSPS) is 7.00. The third-order valence-electron chi connectivity index (χ3n) is 1.33. The molecule has 0 saturated carbocycles. The molecule has 2 rings (SSSR count). The minimum atomic E-state index is 0. The molecule has 1 aromatic carbocycles. The molecule has 0 N–H and O–H groups in total. The van der Waals surface area contributed by atoms with Crippen molar-refractivity contribution >= 4 is 21.6 Å². The molecule has 0 amide bonds. The van der Waals surface area contributed by atoms with Crippen molar-refractivity contribution in [3.8, 4) is 6.07 Å². The van der Waals surface area contributed by atoms with Gasteiger partial charge in [0.25, 0.3) is 0 Å². The van der Waals surface area contributed by atoms with E-state index in [-0.39, 0.29) is 40.1 Å². The van der Waals surface area contributed by atoms with Gasteiger partial charge in [-0.3, -0.25) is 4.98 Å². The molecule has 1 aromatic heterocycles. The van der Waals surface area contributed by atoms with Gasteiger partial charge in [-0.1, -0.05) is 32.4 Å². The molecule has 17 heavy (non-hydrogen) atoms. The Morgan fingerprint density at radius 2 is 1.88 bits per heavy atom. The summed E-state index contributed by atoms with van der Waals surface area (Å²) < 4.78 is 1.02. The third kappa shape index (κ3) is 6.88. The first-order chi connectivity index (χ1) is 7.40. The Kier molecular flexibility index (Phi) is 17.8. The van der Waals surface area contributed by atoms with Crippen molar-refractivity contribution < 1.29 is 32.7 Å². The number of benzene rings is 1. The Bertz CT molecular complexity index is 399. The molecule has 0 spiro atoms. The van der Waals surface area contributed by atoms with E-state index in [4.69, 9.17) is 5.26 Å². The number of hydrogen-bond donors (Lipinski definition) is 0. The van der Waals surface area contributed by atoms with Crippen LogP contribution in [0.4, 0.5) is 0 Å². The maximum atomic E-state index is 8.53. The monoisotopic (exact) mass is 323 g/mol. The van der Waals surface area contributed by atoms with Gasteiger partial charge in [0.05, 0.1) is 0 Å². The van der Waals surface area contributed by atoms with Crippen molar-refractivity contribution in [2.24, 2.45) is 0 Å². The average Bonchev–Trinajstić information content (AvgIpc) is 2.77. The first-order valence-corrected chi connectivity index (χ1v) is 5.88. The second-order valence-corrected chi connectivity index (χ2v) is 3.06. The second-order valence-electron chi connectivity index (χ2n) is 2.02. The quantitative estimate of drug-likeness (QED) is 0.671. The topological polar surface area (TPSA) is 36.7 Å². The van der Waals surface area contributed by atoms with E-state index in [9.17, 15) is 0 Å². The molecule has 0 fully saturated rings. The van der Waals surface area contributed by atoms with Crippen LogP contribution < -0.4 is 0 Å². The summed E-state index contributed by atoms with van der Waals surface area (Å²) in [4.78, 5) is 4.07. The van der Waals surface area contributed by atoms with E-state index in [2.05, 4.69) is 11.1 Å². The van der Waals surface area contributed by atoms with Crippen molar-refractivity contribution in [3.05, 3.63) is 36.7 Å². The third-order valence-corrected chi connectivity index (χ3v) is 2.25. The predicted octanol–water partition coefficient (Wildman–Crippen LogP) is 4.47. The molecule has 1 heterocycles. The molecule has 0 atom stereocenters. The number of aromatic nitrogens is 1. The fourth-order valence-corrected chi connectivity index (χ4v) is 1.61. The molecule has 1 radical (unpaired) electrons. The molecule has 0 bridgehead atoms. The van der Waals surface area contributed by atoms with Gasteiger partial charge in [0.2, 0.25) is 0 Å². The van der Waals surface area contributed by atoms with Crippen LogP contribution >= 0.6 is 11.3 Å². The first kappa shape index (κ1) is 21.9. The van der Waals surface area contributed by atoms with E-state index in [1.807, 2.05) is 45.9 Å². The number of fused-ring (bicyclic) bond motifs is 1. The van der Waals surface area contributed by atoms with Crippen LogP contribution in [0, 0.1) is 24.8 Å². The van der Waals surface area contributed by atoms with E-state index >= 15 is 0 Å². The van der Waals surface area contributed by atoms with Gasteiger partial charge in [-0.05, 0) is 5.52 Å². The molecule has 0 aliphatic heterocycles. The van der Waals surface area contributed by atoms with Crippen molar-refractivity contribution in [2.75, 3.05) is 0 Å². The number of hydrogen-bond acceptors (Lipinski definition) is 3. The maximum Gasteiger partial charge on any atom is 0.181 e. The first-order valence-electron chi connectivity index (χ1n) is 5.07. The Labute approximate surface area is 134 Å². The van der Waals surface area contributed by atoms with Gasteiger partial charge in [-0.15, -0.1) is 6.07 Å². The molecular formula is C13H18N2SY-2. The molecule has 0 aliphatic carbocycles. The molecule has 91 valence electrons. The molecule has 2 nitrogen and oxygen atoms in total. The van der Waals surface area contributed by atoms with Crippen molar-refractivity contribution in [3.63, 3.8) is 0 Å². The van der Waals surface area contributed by atoms with Gasteiger partial charge in [-0.25, -0.2) is 0 Å². The zero-order chi connectivity index (χ0) is 11.7. The van der Waals surface area contributed by atoms with Gasteiger partial charge in [-0.2, -0.15) is 34.8 Å². The summed E-state index contributed by atoms with van der Waals surface area (Å²) in [5.41, 5.74) is 0.880. The fraction of sp³-hybridized carbons (Fsp3) is 0.308. The summed E-state index contributed by atoms with van der Waals surface area (Å²) in [5, 5.41) is 9.04. The zero-order valence-corrected chi connectivity index (χ0v) is 14.8. The van der Waals surface area contributed by atoms with Crippen LogP contribution in [0.2, 0.25) is 0 Å². The van der Waals surface area contributed by atoms with Gasteiger partial charge in [0.1, 0.15) is 6.07 Å². The zero-order valence-electron chi connectivity index (χ0n) is 11.1. The molecule has 0 unspecified atom stereocenters. The smallest absolute Gasteiger partial charge is 0.181 e. The van der Waals surface area contributed by atoms with Crippen LogP contribution in [-0.2, 0) is 32.7 Å². The summed E-state index contributed by atoms with van der Waals surface area (Å²) >= 11 is 1.39. The van der Waals surface area contributed by atoms with E-state index in [0.29, 0.717) is 5.01 Å². The maximum absolute atomic E-state index is 8.53. The summed E-state index contributed by atoms with van der Waals surface area (Å²) in [6.45, 7) is 8.00. The molecule has 0 saturated heterocycles. The fourth-order valence-electron chi connectivity index (χ4n) is 0.865. The molecule has 2 aromatic rings. The largest absolute Gasteiger partial charge is 0.358 e. The summed E-state index contributed by atoms with van der Waals surface area (Å²) in [5.74, 6) is 0. The van der Waals surface area contributed by atoms with Gasteiger partial charge in [0, 0.05) is 32.7 Å². The molecular weight excluding hydrogens is 305 g/mol. The van der Waals surface area contributed by atoms with E-state index in [1.54, 1.807) is 6.07 Å². The van der Waals surface area contributed by atoms with Gasteiger partial charge >= 0.3 is 0 Å². The van der Waals surface area contributed by atoms with E-state index < -0.39 is 0 Å². The minimum Gasteiger partial charge on any atom is -0.358 e. The van der Waals surface area contributed by atoms with Gasteiger partial charge < -0.3 is 7.43 Å². The van der Waals surface area contributed by atoms with Crippen LogP contribution in [0.15, 0.2) is 18.2 Å². The van der Waals surface area contributed by atoms with Crippen molar-refractivity contribution in [1.29, 1.82) is 5.26 Å². The Morgan fingerprint density at radius 3 is 2.35 bits per heavy atom. The van der Waals surface area contributed by atoms with Crippen LogP contribution in [0.5, 0.6) is 0 Å².